The van der Waals surface area contributed by atoms with E-state index < -0.39 is 5.54 Å². The summed E-state index contributed by atoms with van der Waals surface area (Å²) in [4.78, 5) is 27.0. The quantitative estimate of drug-likeness (QED) is 0.832. The third kappa shape index (κ3) is 2.62. The van der Waals surface area contributed by atoms with E-state index in [0.717, 1.165) is 18.6 Å². The molecule has 2 rings (SSSR count). The maximum Gasteiger partial charge on any atom is 0.249 e. The van der Waals surface area contributed by atoms with Crippen LogP contribution in [0.3, 0.4) is 0 Å². The second-order valence-corrected chi connectivity index (χ2v) is 7.13. The van der Waals surface area contributed by atoms with Crippen molar-refractivity contribution >= 4 is 23.6 Å². The highest BCUT2D eigenvalue weighted by atomic mass is 32.2. The van der Waals surface area contributed by atoms with E-state index in [-0.39, 0.29) is 23.8 Å². The predicted octanol–water partition coefficient (Wildman–Crippen LogP) is 1.50. The molecule has 1 aliphatic heterocycles. The van der Waals surface area contributed by atoms with Crippen LogP contribution >= 0.6 is 11.8 Å². The first-order valence-electron chi connectivity index (χ1n) is 7.04. The lowest BCUT2D eigenvalue weighted by Gasteiger charge is -2.46. The molecule has 0 spiro atoms. The van der Waals surface area contributed by atoms with E-state index in [4.69, 9.17) is 0 Å². The van der Waals surface area contributed by atoms with Gasteiger partial charge in [-0.15, -0.1) is 0 Å². The molecule has 2 atom stereocenters. The summed E-state index contributed by atoms with van der Waals surface area (Å²) < 4.78 is 0. The molecule has 108 valence electrons. The normalized spacial score (nSPS) is 31.8. The summed E-state index contributed by atoms with van der Waals surface area (Å²) in [5.41, 5.74) is -0.666. The second kappa shape index (κ2) is 5.35. The molecule has 0 aromatic carbocycles. The van der Waals surface area contributed by atoms with Gasteiger partial charge < -0.3 is 10.2 Å². The van der Waals surface area contributed by atoms with E-state index in [9.17, 15) is 9.59 Å². The minimum Gasteiger partial charge on any atom is -0.340 e. The Hall–Kier alpha value is -0.710. The molecule has 2 amide bonds. The molecule has 1 heterocycles. The molecule has 4 nitrogen and oxygen atoms in total. The lowest BCUT2D eigenvalue weighted by Crippen LogP contribution is -2.71. The summed E-state index contributed by atoms with van der Waals surface area (Å²) in [6.45, 7) is 6.57. The van der Waals surface area contributed by atoms with Crippen LogP contribution < -0.4 is 5.32 Å². The van der Waals surface area contributed by atoms with Crippen molar-refractivity contribution in [3.8, 4) is 0 Å². The maximum atomic E-state index is 12.8. The number of thioether (sulfide) groups is 1. The standard InChI is InChI=1S/C14H24N2O2S/c1-9(2)11-12(17)15-14(3,10-5-6-10)13(18)16(11)7-8-19-4/h9-11H,5-8H2,1-4H3,(H,15,17). The number of nitrogens with zero attached hydrogens (tertiary/aromatic N) is 1. The largest absolute Gasteiger partial charge is 0.340 e. The summed E-state index contributed by atoms with van der Waals surface area (Å²) in [6.07, 6.45) is 4.12. The van der Waals surface area contributed by atoms with Gasteiger partial charge in [-0.1, -0.05) is 13.8 Å². The highest BCUT2D eigenvalue weighted by Gasteiger charge is 2.55. The van der Waals surface area contributed by atoms with Gasteiger partial charge in [-0.3, -0.25) is 9.59 Å². The van der Waals surface area contributed by atoms with Gasteiger partial charge in [-0.2, -0.15) is 11.8 Å². The summed E-state index contributed by atoms with van der Waals surface area (Å²) in [7, 11) is 0. The molecular formula is C14H24N2O2S. The molecule has 19 heavy (non-hydrogen) atoms. The molecule has 0 aromatic rings. The number of hydrogen-bond donors (Lipinski definition) is 1. The zero-order valence-electron chi connectivity index (χ0n) is 12.2. The summed E-state index contributed by atoms with van der Waals surface area (Å²) >= 11 is 1.71. The number of carbonyl (C=O) groups excluding carboxylic acids is 2. The molecule has 2 aliphatic rings. The highest BCUT2D eigenvalue weighted by molar-refractivity contribution is 7.98. The van der Waals surface area contributed by atoms with Crippen LogP contribution in [-0.4, -0.2) is 46.8 Å². The van der Waals surface area contributed by atoms with Crippen LogP contribution in [-0.2, 0) is 9.59 Å². The van der Waals surface area contributed by atoms with Crippen molar-refractivity contribution in [2.45, 2.75) is 45.2 Å². The number of hydrogen-bond acceptors (Lipinski definition) is 3. The average molecular weight is 284 g/mol. The molecule has 2 fully saturated rings. The molecular weight excluding hydrogens is 260 g/mol. The SMILES string of the molecule is CSCCN1C(=O)C(C)(C2CC2)NC(=O)C1C(C)C. The van der Waals surface area contributed by atoms with Gasteiger partial charge in [0.25, 0.3) is 0 Å². The van der Waals surface area contributed by atoms with Crippen LogP contribution in [0, 0.1) is 11.8 Å². The van der Waals surface area contributed by atoms with Crippen molar-refractivity contribution < 1.29 is 9.59 Å². The Balaban J connectivity index is 2.25. The minimum absolute atomic E-state index is 0.0186. The lowest BCUT2D eigenvalue weighted by molar-refractivity contribution is -0.156. The third-order valence-electron chi connectivity index (χ3n) is 4.25. The van der Waals surface area contributed by atoms with E-state index in [1.54, 1.807) is 11.8 Å². The number of amides is 2. The summed E-state index contributed by atoms with van der Waals surface area (Å²) in [5, 5.41) is 3.01. The Bertz CT molecular complexity index is 382. The summed E-state index contributed by atoms with van der Waals surface area (Å²) in [5.74, 6) is 1.49. The fourth-order valence-corrected chi connectivity index (χ4v) is 3.36. The van der Waals surface area contributed by atoms with E-state index in [0.29, 0.717) is 12.5 Å². The Morgan fingerprint density at radius 1 is 1.42 bits per heavy atom. The molecule has 0 bridgehead atoms. The third-order valence-corrected chi connectivity index (χ3v) is 4.84. The molecule has 2 unspecified atom stereocenters. The zero-order valence-corrected chi connectivity index (χ0v) is 13.0. The van der Waals surface area contributed by atoms with Gasteiger partial charge in [0.15, 0.2) is 0 Å². The molecule has 0 radical (unpaired) electrons. The summed E-state index contributed by atoms with van der Waals surface area (Å²) in [6, 6.07) is -0.313. The van der Waals surface area contributed by atoms with Gasteiger partial charge in [0.2, 0.25) is 11.8 Å². The molecule has 1 saturated carbocycles. The first kappa shape index (κ1) is 14.7. The Labute approximate surface area is 119 Å². The van der Waals surface area contributed by atoms with Gasteiger partial charge in [0, 0.05) is 12.3 Å². The van der Waals surface area contributed by atoms with E-state index in [2.05, 4.69) is 5.32 Å². The monoisotopic (exact) mass is 284 g/mol. The predicted molar refractivity (Wildman–Crippen MR) is 78.0 cm³/mol. The van der Waals surface area contributed by atoms with E-state index in [1.165, 1.54) is 0 Å². The molecule has 1 aliphatic carbocycles. The van der Waals surface area contributed by atoms with Gasteiger partial charge in [0.1, 0.15) is 11.6 Å². The van der Waals surface area contributed by atoms with Crippen molar-refractivity contribution in [1.82, 2.24) is 10.2 Å². The van der Waals surface area contributed by atoms with Crippen molar-refractivity contribution in [2.24, 2.45) is 11.8 Å². The van der Waals surface area contributed by atoms with Gasteiger partial charge in [0.05, 0.1) is 0 Å². The molecule has 1 N–H and O–H groups in total. The highest BCUT2D eigenvalue weighted by Crippen LogP contribution is 2.42. The van der Waals surface area contributed by atoms with Crippen molar-refractivity contribution in [2.75, 3.05) is 18.6 Å². The first-order chi connectivity index (χ1) is 8.91. The second-order valence-electron chi connectivity index (χ2n) is 6.15. The van der Waals surface area contributed by atoms with Crippen LogP contribution in [0.1, 0.15) is 33.6 Å². The average Bonchev–Trinajstić information content (AvgIpc) is 3.15. The Morgan fingerprint density at radius 2 is 2.05 bits per heavy atom. The molecule has 0 aromatic heterocycles. The fourth-order valence-electron chi connectivity index (χ4n) is 2.98. The van der Waals surface area contributed by atoms with E-state index >= 15 is 0 Å². The van der Waals surface area contributed by atoms with Crippen molar-refractivity contribution in [3.63, 3.8) is 0 Å². The van der Waals surface area contributed by atoms with Crippen molar-refractivity contribution in [3.05, 3.63) is 0 Å². The molecule has 5 heteroatoms. The van der Waals surface area contributed by atoms with Crippen LogP contribution in [0.5, 0.6) is 0 Å². The topological polar surface area (TPSA) is 49.4 Å². The Kier molecular flexibility index (Phi) is 4.14. The van der Waals surface area contributed by atoms with Gasteiger partial charge in [-0.05, 0) is 37.9 Å². The van der Waals surface area contributed by atoms with Gasteiger partial charge in [-0.25, -0.2) is 0 Å². The zero-order chi connectivity index (χ0) is 14.2. The lowest BCUT2D eigenvalue weighted by atomic mass is 9.86. The van der Waals surface area contributed by atoms with Crippen LogP contribution in [0.4, 0.5) is 0 Å². The van der Waals surface area contributed by atoms with Crippen molar-refractivity contribution in [1.29, 1.82) is 0 Å². The minimum atomic E-state index is -0.666. The maximum absolute atomic E-state index is 12.8. The first-order valence-corrected chi connectivity index (χ1v) is 8.43. The van der Waals surface area contributed by atoms with Crippen LogP contribution in [0.15, 0.2) is 0 Å². The Morgan fingerprint density at radius 3 is 2.53 bits per heavy atom. The number of rotatable bonds is 5. The fraction of sp³-hybridized carbons (Fsp3) is 0.857. The van der Waals surface area contributed by atoms with E-state index in [1.807, 2.05) is 31.9 Å². The smallest absolute Gasteiger partial charge is 0.249 e. The molecule has 1 saturated heterocycles. The van der Waals surface area contributed by atoms with Gasteiger partial charge >= 0.3 is 0 Å². The van der Waals surface area contributed by atoms with Crippen LogP contribution in [0.25, 0.3) is 0 Å². The van der Waals surface area contributed by atoms with Crippen LogP contribution in [0.2, 0.25) is 0 Å². The number of piperazine rings is 1. The number of nitrogens with one attached hydrogen (secondary N) is 1. The number of carbonyl (C=O) groups is 2.